The van der Waals surface area contributed by atoms with Crippen molar-refractivity contribution in [2.24, 2.45) is 5.41 Å². The Morgan fingerprint density at radius 2 is 1.94 bits per heavy atom. The molecule has 17 heavy (non-hydrogen) atoms. The van der Waals surface area contributed by atoms with Gasteiger partial charge in [0.05, 0.1) is 6.10 Å². The zero-order valence-electron chi connectivity index (χ0n) is 11.6. The van der Waals surface area contributed by atoms with Crippen molar-refractivity contribution in [2.45, 2.75) is 64.6 Å². The van der Waals surface area contributed by atoms with E-state index < -0.39 is 0 Å². The van der Waals surface area contributed by atoms with Crippen LogP contribution >= 0.6 is 0 Å². The van der Waals surface area contributed by atoms with Crippen LogP contribution in [0.2, 0.25) is 0 Å². The predicted octanol–water partition coefficient (Wildman–Crippen LogP) is 1.61. The molecule has 100 valence electrons. The average Bonchev–Trinajstić information content (AvgIpc) is 2.30. The molecule has 0 amide bonds. The van der Waals surface area contributed by atoms with Crippen LogP contribution in [0.25, 0.3) is 0 Å². The van der Waals surface area contributed by atoms with Crippen LogP contribution in [0.3, 0.4) is 0 Å². The summed E-state index contributed by atoms with van der Waals surface area (Å²) in [6.45, 7) is 10.3. The van der Waals surface area contributed by atoms with E-state index in [9.17, 15) is 5.11 Å². The molecule has 1 heterocycles. The van der Waals surface area contributed by atoms with Gasteiger partial charge in [-0.15, -0.1) is 0 Å². The van der Waals surface area contributed by atoms with Crippen LogP contribution in [0.15, 0.2) is 0 Å². The van der Waals surface area contributed by atoms with Gasteiger partial charge in [0.2, 0.25) is 0 Å². The first kappa shape index (κ1) is 13.3. The molecular weight excluding hydrogens is 212 g/mol. The van der Waals surface area contributed by atoms with E-state index in [1.165, 1.54) is 32.4 Å². The molecule has 0 spiro atoms. The Balaban J connectivity index is 1.72. The molecule has 3 nitrogen and oxygen atoms in total. The minimum absolute atomic E-state index is 0.0517. The summed E-state index contributed by atoms with van der Waals surface area (Å²) < 4.78 is 0. The molecule has 0 aromatic carbocycles. The van der Waals surface area contributed by atoms with E-state index in [0.29, 0.717) is 12.1 Å². The number of aliphatic hydroxyl groups excluding tert-OH is 1. The highest BCUT2D eigenvalue weighted by Gasteiger charge is 2.47. The molecule has 1 aliphatic carbocycles. The zero-order chi connectivity index (χ0) is 12.5. The number of nitrogens with zero attached hydrogens (tertiary/aromatic N) is 1. The molecule has 0 aromatic heterocycles. The molecule has 3 heteroatoms. The summed E-state index contributed by atoms with van der Waals surface area (Å²) >= 11 is 0. The van der Waals surface area contributed by atoms with Gasteiger partial charge in [0.1, 0.15) is 0 Å². The number of nitrogens with one attached hydrogen (secondary N) is 1. The Labute approximate surface area is 106 Å². The van der Waals surface area contributed by atoms with E-state index in [1.54, 1.807) is 0 Å². The van der Waals surface area contributed by atoms with Crippen LogP contribution in [0.5, 0.6) is 0 Å². The van der Waals surface area contributed by atoms with Crippen molar-refractivity contribution >= 4 is 0 Å². The smallest absolute Gasteiger partial charge is 0.0621 e. The van der Waals surface area contributed by atoms with Crippen LogP contribution in [0.1, 0.15) is 46.5 Å². The molecule has 1 aliphatic heterocycles. The van der Waals surface area contributed by atoms with E-state index in [1.807, 2.05) is 0 Å². The highest BCUT2D eigenvalue weighted by Crippen LogP contribution is 2.40. The van der Waals surface area contributed by atoms with Gasteiger partial charge in [-0.1, -0.05) is 20.3 Å². The van der Waals surface area contributed by atoms with Gasteiger partial charge in [0.15, 0.2) is 0 Å². The summed E-state index contributed by atoms with van der Waals surface area (Å²) in [4.78, 5) is 2.57. The van der Waals surface area contributed by atoms with Crippen molar-refractivity contribution in [3.8, 4) is 0 Å². The van der Waals surface area contributed by atoms with Crippen molar-refractivity contribution in [1.29, 1.82) is 0 Å². The third-order valence-electron chi connectivity index (χ3n) is 4.68. The quantitative estimate of drug-likeness (QED) is 0.783. The van der Waals surface area contributed by atoms with E-state index in [2.05, 4.69) is 31.0 Å². The second-order valence-corrected chi connectivity index (χ2v) is 6.55. The van der Waals surface area contributed by atoms with Gasteiger partial charge in [-0.3, -0.25) is 0 Å². The largest absolute Gasteiger partial charge is 0.392 e. The minimum Gasteiger partial charge on any atom is -0.392 e. The van der Waals surface area contributed by atoms with Crippen molar-refractivity contribution < 1.29 is 5.11 Å². The molecule has 2 fully saturated rings. The van der Waals surface area contributed by atoms with Crippen LogP contribution in [-0.2, 0) is 0 Å². The van der Waals surface area contributed by atoms with Crippen molar-refractivity contribution in [2.75, 3.05) is 19.6 Å². The Bertz CT molecular complexity index is 249. The molecule has 2 N–H and O–H groups in total. The molecule has 3 atom stereocenters. The maximum atomic E-state index is 9.73. The molecule has 1 saturated heterocycles. The molecule has 1 saturated carbocycles. The Kier molecular flexibility index (Phi) is 4.11. The second-order valence-electron chi connectivity index (χ2n) is 6.55. The molecule has 2 aliphatic rings. The summed E-state index contributed by atoms with van der Waals surface area (Å²) in [5.41, 5.74) is 0.0517. The van der Waals surface area contributed by atoms with Crippen LogP contribution in [0, 0.1) is 5.41 Å². The number of aliphatic hydroxyl groups is 1. The summed E-state index contributed by atoms with van der Waals surface area (Å²) in [6, 6.07) is 1.02. The van der Waals surface area contributed by atoms with E-state index in [-0.39, 0.29) is 11.5 Å². The highest BCUT2D eigenvalue weighted by molar-refractivity contribution is 5.02. The molecule has 3 unspecified atom stereocenters. The number of rotatable bonds is 4. The maximum Gasteiger partial charge on any atom is 0.0621 e. The normalized spacial score (nSPS) is 35.3. The van der Waals surface area contributed by atoms with E-state index in [4.69, 9.17) is 0 Å². The average molecular weight is 240 g/mol. The zero-order valence-corrected chi connectivity index (χ0v) is 11.6. The highest BCUT2D eigenvalue weighted by atomic mass is 16.3. The third kappa shape index (κ3) is 3.01. The van der Waals surface area contributed by atoms with Crippen molar-refractivity contribution in [3.63, 3.8) is 0 Å². The van der Waals surface area contributed by atoms with Gasteiger partial charge >= 0.3 is 0 Å². The fraction of sp³-hybridized carbons (Fsp3) is 1.00. The number of hydrogen-bond acceptors (Lipinski definition) is 3. The topological polar surface area (TPSA) is 35.5 Å². The SMILES string of the molecule is CC(CN1CCCCC1)NC1CC(O)C1(C)C. The first-order valence-electron chi connectivity index (χ1n) is 7.16. The number of hydrogen-bond donors (Lipinski definition) is 2. The fourth-order valence-corrected chi connectivity index (χ4v) is 3.11. The molecule has 0 bridgehead atoms. The molecular formula is C14H28N2O. The van der Waals surface area contributed by atoms with E-state index >= 15 is 0 Å². The lowest BCUT2D eigenvalue weighted by molar-refractivity contribution is -0.0762. The van der Waals surface area contributed by atoms with Crippen LogP contribution < -0.4 is 5.32 Å². The summed E-state index contributed by atoms with van der Waals surface area (Å²) in [5.74, 6) is 0. The number of likely N-dealkylation sites (tertiary alicyclic amines) is 1. The first-order chi connectivity index (χ1) is 8.00. The summed E-state index contributed by atoms with van der Waals surface area (Å²) in [6.07, 6.45) is 4.92. The van der Waals surface area contributed by atoms with Gasteiger partial charge in [0, 0.05) is 24.0 Å². The Morgan fingerprint density at radius 3 is 2.47 bits per heavy atom. The Hall–Kier alpha value is -0.120. The third-order valence-corrected chi connectivity index (χ3v) is 4.68. The lowest BCUT2D eigenvalue weighted by Gasteiger charge is -2.51. The minimum atomic E-state index is -0.123. The monoisotopic (exact) mass is 240 g/mol. The van der Waals surface area contributed by atoms with Gasteiger partial charge in [-0.25, -0.2) is 0 Å². The molecule has 0 radical (unpaired) electrons. The van der Waals surface area contributed by atoms with Gasteiger partial charge in [-0.2, -0.15) is 0 Å². The van der Waals surface area contributed by atoms with Gasteiger partial charge in [-0.05, 0) is 39.3 Å². The van der Waals surface area contributed by atoms with Crippen LogP contribution in [0.4, 0.5) is 0 Å². The molecule has 0 aromatic rings. The summed E-state index contributed by atoms with van der Waals surface area (Å²) in [5, 5.41) is 13.4. The number of piperidine rings is 1. The lowest BCUT2D eigenvalue weighted by Crippen LogP contribution is -2.62. The maximum absolute atomic E-state index is 9.73. The van der Waals surface area contributed by atoms with E-state index in [0.717, 1.165) is 13.0 Å². The molecule has 2 rings (SSSR count). The van der Waals surface area contributed by atoms with Gasteiger partial charge < -0.3 is 15.3 Å². The predicted molar refractivity (Wildman–Crippen MR) is 71.1 cm³/mol. The van der Waals surface area contributed by atoms with Crippen LogP contribution in [-0.4, -0.2) is 47.8 Å². The standard InChI is InChI=1S/C14H28N2O/c1-11(10-16-7-5-4-6-8-16)15-12-9-13(17)14(12,2)3/h11-13,15,17H,4-10H2,1-3H3. The summed E-state index contributed by atoms with van der Waals surface area (Å²) in [7, 11) is 0. The first-order valence-corrected chi connectivity index (χ1v) is 7.16. The second kappa shape index (κ2) is 5.25. The van der Waals surface area contributed by atoms with Crippen molar-refractivity contribution in [3.05, 3.63) is 0 Å². The van der Waals surface area contributed by atoms with Crippen molar-refractivity contribution in [1.82, 2.24) is 10.2 Å². The Morgan fingerprint density at radius 1 is 1.29 bits per heavy atom. The van der Waals surface area contributed by atoms with Gasteiger partial charge in [0.25, 0.3) is 0 Å². The lowest BCUT2D eigenvalue weighted by atomic mass is 9.64. The fourth-order valence-electron chi connectivity index (χ4n) is 3.11.